The van der Waals surface area contributed by atoms with Crippen molar-refractivity contribution in [3.8, 4) is 0 Å². The molecule has 0 aliphatic heterocycles. The lowest BCUT2D eigenvalue weighted by Gasteiger charge is -2.16. The molecule has 0 heterocycles. The van der Waals surface area contributed by atoms with Crippen LogP contribution in [0.3, 0.4) is 0 Å². The summed E-state index contributed by atoms with van der Waals surface area (Å²) < 4.78 is 0. The van der Waals surface area contributed by atoms with Crippen LogP contribution in [0.1, 0.15) is 13.8 Å². The Morgan fingerprint density at radius 2 is 1.43 bits per heavy atom. The van der Waals surface area contributed by atoms with E-state index in [1.807, 2.05) is 0 Å². The second kappa shape index (κ2) is 2.31. The maximum absolute atomic E-state index is 3.68. The minimum absolute atomic E-state index is 0.854. The predicted molar refractivity (Wildman–Crippen MR) is 41.5 cm³/mol. The molecule has 0 fully saturated rings. The van der Waals surface area contributed by atoms with E-state index in [9.17, 15) is 0 Å². The zero-order valence-electron chi connectivity index (χ0n) is 5.46. The van der Waals surface area contributed by atoms with E-state index in [4.69, 9.17) is 0 Å². The molecule has 0 unspecified atom stereocenters. The van der Waals surface area contributed by atoms with E-state index < -0.39 is 6.69 Å². The zero-order chi connectivity index (χ0) is 6.08. The Morgan fingerprint density at radius 3 is 1.43 bits per heavy atom. The fraction of sp³-hybridized carbons (Fsp3) is 1.00. The van der Waals surface area contributed by atoms with Gasteiger partial charge in [-0.15, -0.1) is 15.3 Å². The minimum Gasteiger partial charge on any atom is -0.127 e. The highest BCUT2D eigenvalue weighted by molar-refractivity contribution is 9.26. The highest BCUT2D eigenvalue weighted by Gasteiger charge is 2.19. The summed E-state index contributed by atoms with van der Waals surface area (Å²) in [6.45, 7) is 8.24. The van der Waals surface area contributed by atoms with Gasteiger partial charge < -0.3 is 0 Å². The van der Waals surface area contributed by atoms with Crippen molar-refractivity contribution in [1.29, 1.82) is 0 Å². The molecule has 7 heavy (non-hydrogen) atoms. The Kier molecular flexibility index (Phi) is 2.54. The molecule has 0 radical (unpaired) electrons. The van der Waals surface area contributed by atoms with E-state index in [1.165, 1.54) is 0 Å². The molecule has 0 aliphatic carbocycles. The molecule has 0 bridgehead atoms. The van der Waals surface area contributed by atoms with Gasteiger partial charge in [-0.2, -0.15) is 0 Å². The van der Waals surface area contributed by atoms with Crippen molar-refractivity contribution in [2.24, 2.45) is 0 Å². The highest BCUT2D eigenvalue weighted by atomic mass is 79.9. The quantitative estimate of drug-likeness (QED) is 0.431. The molecule has 44 valence electrons. The topological polar surface area (TPSA) is 0 Å². The summed E-state index contributed by atoms with van der Waals surface area (Å²) in [7, 11) is 0. The van der Waals surface area contributed by atoms with Crippen molar-refractivity contribution in [2.75, 3.05) is 0 Å². The maximum Gasteiger partial charge on any atom is 0.126 e. The Hall–Kier alpha value is 0.697. The molecule has 0 aliphatic rings. The van der Waals surface area contributed by atoms with Gasteiger partial charge in [-0.3, -0.25) is 0 Å². The van der Waals surface area contributed by atoms with Crippen LogP contribution in [0.2, 0.25) is 18.6 Å². The normalized spacial score (nSPS) is 12.9. The van der Waals surface area contributed by atoms with Gasteiger partial charge in [0.1, 0.15) is 6.69 Å². The molecule has 0 spiro atoms. The van der Waals surface area contributed by atoms with Gasteiger partial charge in [0.05, 0.1) is 0 Å². The van der Waals surface area contributed by atoms with Crippen molar-refractivity contribution in [1.82, 2.24) is 0 Å². The highest BCUT2D eigenvalue weighted by Crippen LogP contribution is 2.25. The number of rotatable bonds is 1. The van der Waals surface area contributed by atoms with Gasteiger partial charge in [0, 0.05) is 0 Å². The molecular weight excluding hydrogens is 168 g/mol. The average molecular weight is 181 g/mol. The van der Waals surface area contributed by atoms with Crippen LogP contribution in [0.25, 0.3) is 0 Å². The van der Waals surface area contributed by atoms with E-state index >= 15 is 0 Å². The molecule has 0 N–H and O–H groups in total. The first-order valence-corrected chi connectivity index (χ1v) is 7.97. The van der Waals surface area contributed by atoms with Crippen LogP contribution < -0.4 is 0 Å². The molecule has 0 aromatic carbocycles. The van der Waals surface area contributed by atoms with Gasteiger partial charge >= 0.3 is 0 Å². The lowest BCUT2D eigenvalue weighted by Crippen LogP contribution is -2.19. The van der Waals surface area contributed by atoms with Gasteiger partial charge in [0.15, 0.2) is 0 Å². The first-order chi connectivity index (χ1) is 2.94. The van der Waals surface area contributed by atoms with Crippen LogP contribution in [0, 0.1) is 0 Å². The molecule has 0 saturated carbocycles. The molecule has 0 nitrogen and oxygen atoms in total. The van der Waals surface area contributed by atoms with Crippen LogP contribution in [-0.2, 0) is 0 Å². The Morgan fingerprint density at radius 1 is 1.29 bits per heavy atom. The van der Waals surface area contributed by atoms with Crippen LogP contribution in [0.5, 0.6) is 0 Å². The third kappa shape index (κ3) is 3.29. The largest absolute Gasteiger partial charge is 0.127 e. The molecule has 0 aromatic heterocycles. The predicted octanol–water partition coefficient (Wildman–Crippen LogP) is 3.00. The maximum atomic E-state index is 3.68. The van der Waals surface area contributed by atoms with Crippen molar-refractivity contribution < 1.29 is 0 Å². The summed E-state index contributed by atoms with van der Waals surface area (Å²) in [6, 6.07) is 0. The van der Waals surface area contributed by atoms with Crippen molar-refractivity contribution >= 4 is 22.0 Å². The van der Waals surface area contributed by atoms with Crippen LogP contribution in [0.15, 0.2) is 0 Å². The lowest BCUT2D eigenvalue weighted by molar-refractivity contribution is 1.04. The summed E-state index contributed by atoms with van der Waals surface area (Å²) >= 11 is 3.68. The van der Waals surface area contributed by atoms with Crippen LogP contribution in [-0.4, -0.2) is 6.69 Å². The fourth-order valence-electron chi connectivity index (χ4n) is 0. The van der Waals surface area contributed by atoms with Crippen molar-refractivity contribution in [2.45, 2.75) is 32.5 Å². The minimum atomic E-state index is -0.922. The van der Waals surface area contributed by atoms with Gasteiger partial charge in [0.2, 0.25) is 0 Å². The summed E-state index contributed by atoms with van der Waals surface area (Å²) in [5, 5.41) is 0. The zero-order valence-corrected chi connectivity index (χ0v) is 8.04. The molecule has 0 aromatic rings. The summed E-state index contributed by atoms with van der Waals surface area (Å²) in [5.74, 6) is 0. The summed E-state index contributed by atoms with van der Waals surface area (Å²) in [4.78, 5) is 0. The van der Waals surface area contributed by atoms with E-state index in [1.54, 1.807) is 0 Å². The van der Waals surface area contributed by atoms with Crippen LogP contribution >= 0.6 is 15.3 Å². The number of hydrogen-bond donors (Lipinski definition) is 0. The molecular formula is C5H13BrSi. The first-order valence-electron chi connectivity index (χ1n) is 2.63. The summed E-state index contributed by atoms with van der Waals surface area (Å²) in [5.41, 5.74) is 0.854. The van der Waals surface area contributed by atoms with Crippen molar-refractivity contribution in [3.05, 3.63) is 0 Å². The van der Waals surface area contributed by atoms with E-state index in [0.717, 1.165) is 5.54 Å². The first kappa shape index (κ1) is 7.70. The third-order valence-corrected chi connectivity index (χ3v) is 6.87. The standard InChI is InChI=1S/C5H13BrSi/c1-5(2)7(3,4)6/h5H,1-4H3. The molecule has 0 atom stereocenters. The van der Waals surface area contributed by atoms with Crippen molar-refractivity contribution in [3.63, 3.8) is 0 Å². The average Bonchev–Trinajstić information content (AvgIpc) is 1.31. The Balaban J connectivity index is 3.54. The van der Waals surface area contributed by atoms with Gasteiger partial charge in [-0.25, -0.2) is 0 Å². The Bertz CT molecular complexity index is 53.6. The van der Waals surface area contributed by atoms with Gasteiger partial charge in [-0.05, 0) is 5.54 Å². The fourth-order valence-corrected chi connectivity index (χ4v) is 0. The van der Waals surface area contributed by atoms with Gasteiger partial charge in [-0.1, -0.05) is 26.9 Å². The molecule has 0 amide bonds. The molecule has 2 heteroatoms. The summed E-state index contributed by atoms with van der Waals surface area (Å²) in [6.07, 6.45) is 0. The van der Waals surface area contributed by atoms with E-state index in [-0.39, 0.29) is 0 Å². The van der Waals surface area contributed by atoms with E-state index in [0.29, 0.717) is 0 Å². The third-order valence-electron chi connectivity index (χ3n) is 1.37. The number of hydrogen-bond acceptors (Lipinski definition) is 0. The SMILES string of the molecule is CC(C)[Si](C)(C)Br. The van der Waals surface area contributed by atoms with Crippen LogP contribution in [0.4, 0.5) is 0 Å². The smallest absolute Gasteiger partial charge is 0.126 e. The monoisotopic (exact) mass is 180 g/mol. The second-order valence-corrected chi connectivity index (χ2v) is 13.1. The number of halogens is 1. The van der Waals surface area contributed by atoms with E-state index in [2.05, 4.69) is 42.2 Å². The molecule has 0 rings (SSSR count). The Labute approximate surface area is 54.9 Å². The van der Waals surface area contributed by atoms with Gasteiger partial charge in [0.25, 0.3) is 0 Å². The second-order valence-electron chi connectivity index (χ2n) is 2.72. The lowest BCUT2D eigenvalue weighted by atomic mass is 10.6. The molecule has 0 saturated heterocycles.